The fourth-order valence-corrected chi connectivity index (χ4v) is 4.38. The second-order valence-corrected chi connectivity index (χ2v) is 7.66. The molecule has 1 aliphatic rings. The number of carbonyl (C=O) groups is 1. The topological polar surface area (TPSA) is 99.8 Å². The highest BCUT2D eigenvalue weighted by molar-refractivity contribution is 7.17. The highest BCUT2D eigenvalue weighted by Gasteiger charge is 2.31. The number of primary amides is 1. The van der Waals surface area contributed by atoms with Gasteiger partial charge in [-0.25, -0.2) is 9.97 Å². The van der Waals surface area contributed by atoms with Crippen LogP contribution in [0.25, 0.3) is 21.3 Å². The number of benzene rings is 1. The van der Waals surface area contributed by atoms with Crippen molar-refractivity contribution in [3.8, 4) is 22.6 Å². The highest BCUT2D eigenvalue weighted by atomic mass is 32.1. The van der Waals surface area contributed by atoms with Crippen LogP contribution in [-0.2, 0) is 9.53 Å². The largest absolute Gasteiger partial charge is 0.493 e. The maximum absolute atomic E-state index is 10.9. The Morgan fingerprint density at radius 1 is 1.24 bits per heavy atom. The number of aryl methyl sites for hydroxylation is 1. The van der Waals surface area contributed by atoms with E-state index in [0.29, 0.717) is 24.6 Å². The summed E-state index contributed by atoms with van der Waals surface area (Å²) in [6, 6.07) is 5.85. The molecule has 1 aliphatic heterocycles. The third kappa shape index (κ3) is 3.70. The zero-order valence-corrected chi connectivity index (χ0v) is 17.3. The first-order valence-electron chi connectivity index (χ1n) is 9.13. The molecule has 4 rings (SSSR count). The first-order chi connectivity index (χ1) is 14.0. The number of thiophene rings is 1. The average Bonchev–Trinajstić information content (AvgIpc) is 3.09. The number of nitrogens with zero attached hydrogens (tertiary/aromatic N) is 3. The van der Waals surface area contributed by atoms with Gasteiger partial charge < -0.3 is 24.8 Å². The van der Waals surface area contributed by atoms with Crippen molar-refractivity contribution in [3.05, 3.63) is 29.4 Å². The molecule has 0 aliphatic carbocycles. The number of nitrogens with two attached hydrogens (primary N) is 1. The van der Waals surface area contributed by atoms with E-state index in [1.807, 2.05) is 25.1 Å². The minimum atomic E-state index is -0.461. The van der Waals surface area contributed by atoms with Crippen LogP contribution in [0.15, 0.2) is 23.6 Å². The van der Waals surface area contributed by atoms with Gasteiger partial charge in [0.2, 0.25) is 5.91 Å². The molecule has 3 heterocycles. The van der Waals surface area contributed by atoms with Crippen LogP contribution in [0, 0.1) is 6.92 Å². The summed E-state index contributed by atoms with van der Waals surface area (Å²) in [6.45, 7) is 3.13. The second-order valence-electron chi connectivity index (χ2n) is 6.80. The lowest BCUT2D eigenvalue weighted by Gasteiger charge is -2.40. The van der Waals surface area contributed by atoms with Gasteiger partial charge in [0, 0.05) is 24.0 Å². The SMILES string of the molecule is COc1ccc(-c2csc3nc(C)nc(N4CC(OCC(N)=O)C4)c23)cc1OC. The van der Waals surface area contributed by atoms with E-state index in [-0.39, 0.29) is 12.7 Å². The van der Waals surface area contributed by atoms with Crippen LogP contribution in [0.5, 0.6) is 11.5 Å². The van der Waals surface area contributed by atoms with Crippen molar-refractivity contribution in [2.45, 2.75) is 13.0 Å². The molecule has 0 saturated carbocycles. The van der Waals surface area contributed by atoms with Gasteiger partial charge in [-0.2, -0.15) is 0 Å². The number of carbonyl (C=O) groups excluding carboxylic acids is 1. The van der Waals surface area contributed by atoms with Crippen molar-refractivity contribution in [1.82, 2.24) is 9.97 Å². The van der Waals surface area contributed by atoms with Crippen LogP contribution in [-0.4, -0.2) is 55.9 Å². The lowest BCUT2D eigenvalue weighted by molar-refractivity contribution is -0.125. The zero-order valence-electron chi connectivity index (χ0n) is 16.5. The Labute approximate surface area is 172 Å². The van der Waals surface area contributed by atoms with Gasteiger partial charge in [-0.05, 0) is 24.6 Å². The van der Waals surface area contributed by atoms with Gasteiger partial charge in [0.1, 0.15) is 23.1 Å². The minimum absolute atomic E-state index is 0.0315. The molecular formula is C20H22N4O4S. The Balaban J connectivity index is 1.70. The molecule has 2 aromatic heterocycles. The predicted molar refractivity (Wildman–Crippen MR) is 112 cm³/mol. The van der Waals surface area contributed by atoms with Crippen molar-refractivity contribution < 1.29 is 19.0 Å². The van der Waals surface area contributed by atoms with Crippen LogP contribution in [0.1, 0.15) is 5.82 Å². The Morgan fingerprint density at radius 3 is 2.69 bits per heavy atom. The molecule has 0 atom stereocenters. The van der Waals surface area contributed by atoms with Gasteiger partial charge in [0.05, 0.1) is 25.7 Å². The first kappa shape index (κ1) is 19.4. The van der Waals surface area contributed by atoms with Gasteiger partial charge in [0.25, 0.3) is 0 Å². The Hall–Kier alpha value is -2.91. The monoisotopic (exact) mass is 414 g/mol. The molecular weight excluding hydrogens is 392 g/mol. The number of ether oxygens (including phenoxy) is 3. The Bertz CT molecular complexity index is 1060. The third-order valence-electron chi connectivity index (χ3n) is 4.83. The van der Waals surface area contributed by atoms with Crippen molar-refractivity contribution in [3.63, 3.8) is 0 Å². The quantitative estimate of drug-likeness (QED) is 0.633. The summed E-state index contributed by atoms with van der Waals surface area (Å²) in [5.41, 5.74) is 7.21. The Morgan fingerprint density at radius 2 is 2.00 bits per heavy atom. The summed E-state index contributed by atoms with van der Waals surface area (Å²) in [5, 5.41) is 3.09. The van der Waals surface area contributed by atoms with Gasteiger partial charge in [-0.1, -0.05) is 6.07 Å². The first-order valence-corrected chi connectivity index (χ1v) is 10.0. The van der Waals surface area contributed by atoms with Crippen LogP contribution in [0.3, 0.4) is 0 Å². The summed E-state index contributed by atoms with van der Waals surface area (Å²) >= 11 is 1.59. The molecule has 9 heteroatoms. The van der Waals surface area contributed by atoms with E-state index in [2.05, 4.69) is 15.3 Å². The lowest BCUT2D eigenvalue weighted by Crippen LogP contribution is -2.53. The molecule has 0 unspecified atom stereocenters. The number of rotatable bonds is 7. The van der Waals surface area contributed by atoms with E-state index < -0.39 is 5.91 Å². The molecule has 3 aromatic rings. The van der Waals surface area contributed by atoms with Crippen molar-refractivity contribution in [2.75, 3.05) is 38.8 Å². The van der Waals surface area contributed by atoms with Crippen LogP contribution >= 0.6 is 11.3 Å². The minimum Gasteiger partial charge on any atom is -0.493 e. The van der Waals surface area contributed by atoms with Crippen LogP contribution < -0.4 is 20.1 Å². The average molecular weight is 414 g/mol. The molecule has 29 heavy (non-hydrogen) atoms. The van der Waals surface area contributed by atoms with E-state index in [1.54, 1.807) is 25.6 Å². The van der Waals surface area contributed by atoms with Gasteiger partial charge in [0.15, 0.2) is 11.5 Å². The van der Waals surface area contributed by atoms with Gasteiger partial charge in [-0.15, -0.1) is 11.3 Å². The molecule has 0 spiro atoms. The molecule has 2 N–H and O–H groups in total. The smallest absolute Gasteiger partial charge is 0.243 e. The number of hydrogen-bond acceptors (Lipinski definition) is 8. The van der Waals surface area contributed by atoms with Crippen LogP contribution in [0.4, 0.5) is 5.82 Å². The van der Waals surface area contributed by atoms with Gasteiger partial charge in [-0.3, -0.25) is 4.79 Å². The number of fused-ring (bicyclic) bond motifs is 1. The fraction of sp³-hybridized carbons (Fsp3) is 0.350. The summed E-state index contributed by atoms with van der Waals surface area (Å²) < 4.78 is 16.3. The molecule has 152 valence electrons. The van der Waals surface area contributed by atoms with Crippen molar-refractivity contribution in [2.24, 2.45) is 5.73 Å². The van der Waals surface area contributed by atoms with Gasteiger partial charge >= 0.3 is 0 Å². The summed E-state index contributed by atoms with van der Waals surface area (Å²) in [6.07, 6.45) is -0.0315. The molecule has 1 fully saturated rings. The van der Waals surface area contributed by atoms with E-state index >= 15 is 0 Å². The summed E-state index contributed by atoms with van der Waals surface area (Å²) in [7, 11) is 3.24. The summed E-state index contributed by atoms with van der Waals surface area (Å²) in [4.78, 5) is 23.3. The fourth-order valence-electron chi connectivity index (χ4n) is 3.39. The molecule has 1 amide bonds. The zero-order chi connectivity index (χ0) is 20.5. The number of hydrogen-bond donors (Lipinski definition) is 1. The maximum atomic E-state index is 10.9. The van der Waals surface area contributed by atoms with Crippen LogP contribution in [0.2, 0.25) is 0 Å². The normalized spacial score (nSPS) is 14.1. The molecule has 1 saturated heterocycles. The van der Waals surface area contributed by atoms with E-state index in [0.717, 1.165) is 33.0 Å². The standard InChI is InChI=1S/C20H22N4O4S/c1-11-22-19(24-7-13(8-24)28-9-17(21)25)18-14(10-29-20(18)23-11)12-4-5-15(26-2)16(6-12)27-3/h4-6,10,13H,7-9H2,1-3H3,(H2,21,25). The number of anilines is 1. The maximum Gasteiger partial charge on any atom is 0.243 e. The van der Waals surface area contributed by atoms with E-state index in [1.165, 1.54) is 0 Å². The predicted octanol–water partition coefficient (Wildman–Crippen LogP) is 2.37. The summed E-state index contributed by atoms with van der Waals surface area (Å²) in [5.74, 6) is 2.48. The second kappa shape index (κ2) is 7.84. The van der Waals surface area contributed by atoms with E-state index in [9.17, 15) is 4.79 Å². The molecule has 8 nitrogen and oxygen atoms in total. The van der Waals surface area contributed by atoms with Crippen molar-refractivity contribution in [1.29, 1.82) is 0 Å². The highest BCUT2D eigenvalue weighted by Crippen LogP contribution is 2.41. The number of aromatic nitrogens is 2. The number of methoxy groups -OCH3 is 2. The third-order valence-corrected chi connectivity index (χ3v) is 5.70. The van der Waals surface area contributed by atoms with E-state index in [4.69, 9.17) is 24.9 Å². The molecule has 0 radical (unpaired) electrons. The lowest BCUT2D eigenvalue weighted by atomic mass is 10.0. The molecule has 0 bridgehead atoms. The number of amides is 1. The van der Waals surface area contributed by atoms with Crippen molar-refractivity contribution >= 4 is 33.3 Å². The molecule has 1 aromatic carbocycles. The Kier molecular flexibility index (Phi) is 5.25.